The summed E-state index contributed by atoms with van der Waals surface area (Å²) < 4.78 is 16.7. The van der Waals surface area contributed by atoms with Crippen LogP contribution in [0.4, 0.5) is 10.1 Å². The van der Waals surface area contributed by atoms with Crippen molar-refractivity contribution >= 4 is 65.0 Å². The molecule has 0 atom stereocenters. The van der Waals surface area contributed by atoms with E-state index in [0.717, 1.165) is 25.8 Å². The van der Waals surface area contributed by atoms with Crippen LogP contribution in [0, 0.1) is 17.1 Å². The average molecular weight is 531 g/mol. The van der Waals surface area contributed by atoms with Gasteiger partial charge in [0.2, 0.25) is 0 Å². The van der Waals surface area contributed by atoms with Crippen molar-refractivity contribution in [2.45, 2.75) is 0 Å². The van der Waals surface area contributed by atoms with Gasteiger partial charge in [-0.2, -0.15) is 5.26 Å². The van der Waals surface area contributed by atoms with Gasteiger partial charge in [0.25, 0.3) is 5.91 Å². The van der Waals surface area contributed by atoms with E-state index in [-0.39, 0.29) is 11.1 Å². The molecule has 0 unspecified atom stereocenters. The Kier molecular flexibility index (Phi) is 5.46. The van der Waals surface area contributed by atoms with Crippen molar-refractivity contribution in [1.82, 2.24) is 4.98 Å². The zero-order valence-corrected chi connectivity index (χ0v) is 18.5. The Hall–Kier alpha value is -2.60. The summed E-state index contributed by atoms with van der Waals surface area (Å²) in [5, 5.41) is 12.4. The third-order valence-corrected chi connectivity index (χ3v) is 6.31. The number of para-hydroxylation sites is 1. The van der Waals surface area contributed by atoms with E-state index in [1.54, 1.807) is 6.07 Å². The maximum Gasteiger partial charge on any atom is 0.258 e. The first-order valence-corrected chi connectivity index (χ1v) is 10.7. The first kappa shape index (κ1) is 19.7. The smallest absolute Gasteiger partial charge is 0.258 e. The molecule has 0 bridgehead atoms. The van der Waals surface area contributed by atoms with E-state index in [1.165, 1.54) is 23.5 Å². The predicted molar refractivity (Wildman–Crippen MR) is 120 cm³/mol. The predicted octanol–water partition coefficient (Wildman–Crippen LogP) is 6.75. The second-order valence-electron chi connectivity index (χ2n) is 6.06. The molecule has 29 heavy (non-hydrogen) atoms. The number of carbonyl (C=O) groups is 1. The summed E-state index contributed by atoms with van der Waals surface area (Å²) in [7, 11) is 0. The third-order valence-electron chi connectivity index (χ3n) is 4.16. The van der Waals surface area contributed by atoms with Crippen molar-refractivity contribution in [3.8, 4) is 16.6 Å². The van der Waals surface area contributed by atoms with Crippen molar-refractivity contribution in [1.29, 1.82) is 5.26 Å². The van der Waals surface area contributed by atoms with Crippen LogP contribution in [0.25, 0.3) is 20.8 Å². The molecule has 0 saturated heterocycles. The van der Waals surface area contributed by atoms with E-state index in [9.17, 15) is 9.18 Å². The van der Waals surface area contributed by atoms with E-state index in [1.807, 2.05) is 36.4 Å². The molecule has 4 nitrogen and oxygen atoms in total. The summed E-state index contributed by atoms with van der Waals surface area (Å²) in [6.07, 6.45) is 0. The highest BCUT2D eigenvalue weighted by Gasteiger charge is 2.19. The highest BCUT2D eigenvalue weighted by molar-refractivity contribution is 9.11. The molecule has 1 aromatic heterocycles. The van der Waals surface area contributed by atoms with Gasteiger partial charge in [0.1, 0.15) is 10.8 Å². The number of halogens is 3. The monoisotopic (exact) mass is 529 g/mol. The Morgan fingerprint density at radius 3 is 2.66 bits per heavy atom. The van der Waals surface area contributed by atoms with Gasteiger partial charge in [-0.15, -0.1) is 11.3 Å². The lowest BCUT2D eigenvalue weighted by molar-refractivity contribution is 0.102. The Morgan fingerprint density at radius 2 is 1.93 bits per heavy atom. The van der Waals surface area contributed by atoms with Gasteiger partial charge in [-0.05, 0) is 58.4 Å². The van der Waals surface area contributed by atoms with Gasteiger partial charge in [0.05, 0.1) is 33.1 Å². The number of nitrogens with one attached hydrogen (secondary N) is 1. The number of amides is 1. The number of thiazole rings is 1. The number of hydrogen-bond acceptors (Lipinski definition) is 4. The molecule has 0 aliphatic carbocycles. The quantitative estimate of drug-likeness (QED) is 0.318. The van der Waals surface area contributed by atoms with Gasteiger partial charge < -0.3 is 5.32 Å². The van der Waals surface area contributed by atoms with Crippen LogP contribution in [-0.2, 0) is 0 Å². The second-order valence-corrected chi connectivity index (χ2v) is 8.86. The van der Waals surface area contributed by atoms with Gasteiger partial charge in [-0.1, -0.05) is 28.1 Å². The molecule has 4 aromatic rings. The highest BCUT2D eigenvalue weighted by Crippen LogP contribution is 2.40. The number of benzene rings is 3. The Balaban J connectivity index is 1.78. The molecule has 142 valence electrons. The minimum atomic E-state index is -0.753. The molecular formula is C21H10Br2FN3OS. The minimum absolute atomic E-state index is 0.144. The van der Waals surface area contributed by atoms with Crippen LogP contribution in [0.5, 0.6) is 0 Å². The molecule has 0 radical (unpaired) electrons. The molecular weight excluding hydrogens is 521 g/mol. The zero-order chi connectivity index (χ0) is 20.5. The molecule has 1 N–H and O–H groups in total. The van der Waals surface area contributed by atoms with Gasteiger partial charge in [0, 0.05) is 14.5 Å². The first-order chi connectivity index (χ1) is 14.0. The van der Waals surface area contributed by atoms with Crippen LogP contribution in [0.3, 0.4) is 0 Å². The molecule has 0 aliphatic heterocycles. The number of anilines is 1. The fourth-order valence-corrected chi connectivity index (χ4v) is 5.12. The summed E-state index contributed by atoms with van der Waals surface area (Å²) in [5.41, 5.74) is 2.06. The molecule has 1 amide bonds. The fraction of sp³-hybridized carbons (Fsp3) is 0. The van der Waals surface area contributed by atoms with Crippen molar-refractivity contribution < 1.29 is 9.18 Å². The summed E-state index contributed by atoms with van der Waals surface area (Å²) >= 11 is 8.45. The summed E-state index contributed by atoms with van der Waals surface area (Å²) in [6, 6.07) is 17.0. The van der Waals surface area contributed by atoms with Crippen LogP contribution in [0.15, 0.2) is 63.5 Å². The topological polar surface area (TPSA) is 65.8 Å². The number of nitrogens with zero attached hydrogens (tertiary/aromatic N) is 2. The van der Waals surface area contributed by atoms with Crippen LogP contribution in [0.1, 0.15) is 15.9 Å². The zero-order valence-electron chi connectivity index (χ0n) is 14.5. The maximum absolute atomic E-state index is 14.3. The molecule has 4 rings (SSSR count). The Morgan fingerprint density at radius 1 is 1.14 bits per heavy atom. The van der Waals surface area contributed by atoms with Gasteiger partial charge in [0.15, 0.2) is 0 Å². The first-order valence-electron chi connectivity index (χ1n) is 8.32. The van der Waals surface area contributed by atoms with E-state index in [4.69, 9.17) is 5.26 Å². The normalized spacial score (nSPS) is 10.7. The molecule has 8 heteroatoms. The molecule has 0 fully saturated rings. The number of hydrogen-bond donors (Lipinski definition) is 1. The SMILES string of the molecule is N#Cc1ccc(C(=O)Nc2c(Br)cc(Br)cc2-c2nc3ccccc3s2)c(F)c1. The molecule has 0 saturated carbocycles. The number of nitriles is 1. The Labute approximate surface area is 186 Å². The van der Waals surface area contributed by atoms with E-state index >= 15 is 0 Å². The van der Waals surface area contributed by atoms with E-state index in [2.05, 4.69) is 42.2 Å². The number of rotatable bonds is 3. The summed E-state index contributed by atoms with van der Waals surface area (Å²) in [6.45, 7) is 0. The van der Waals surface area contributed by atoms with Gasteiger partial charge in [-0.3, -0.25) is 4.79 Å². The maximum atomic E-state index is 14.3. The van der Waals surface area contributed by atoms with Crippen molar-refractivity contribution in [2.24, 2.45) is 0 Å². The van der Waals surface area contributed by atoms with Crippen LogP contribution in [-0.4, -0.2) is 10.9 Å². The molecule has 1 heterocycles. The van der Waals surface area contributed by atoms with Crippen LogP contribution >= 0.6 is 43.2 Å². The van der Waals surface area contributed by atoms with Crippen molar-refractivity contribution in [3.63, 3.8) is 0 Å². The second kappa shape index (κ2) is 8.03. The summed E-state index contributed by atoms with van der Waals surface area (Å²) in [4.78, 5) is 17.4. The molecule has 0 aliphatic rings. The highest BCUT2D eigenvalue weighted by atomic mass is 79.9. The lowest BCUT2D eigenvalue weighted by atomic mass is 10.1. The van der Waals surface area contributed by atoms with Crippen molar-refractivity contribution in [3.05, 3.63) is 80.5 Å². The Bertz CT molecular complexity index is 1280. The van der Waals surface area contributed by atoms with Crippen LogP contribution in [0.2, 0.25) is 0 Å². The number of carbonyl (C=O) groups excluding carboxylic acids is 1. The number of fused-ring (bicyclic) bond motifs is 1. The standard InChI is InChI=1S/C21H10Br2FN3OS/c22-12-8-14(21-26-17-3-1-2-4-18(17)29-21)19(15(23)9-12)27-20(28)13-6-5-11(10-25)7-16(13)24/h1-9H,(H,27,28). The van der Waals surface area contributed by atoms with E-state index in [0.29, 0.717) is 15.7 Å². The molecule has 3 aromatic carbocycles. The number of aromatic nitrogens is 1. The van der Waals surface area contributed by atoms with Crippen molar-refractivity contribution in [2.75, 3.05) is 5.32 Å². The summed E-state index contributed by atoms with van der Waals surface area (Å²) in [5.74, 6) is -1.37. The lowest BCUT2D eigenvalue weighted by Gasteiger charge is -2.13. The minimum Gasteiger partial charge on any atom is -0.320 e. The van der Waals surface area contributed by atoms with Gasteiger partial charge in [-0.25, -0.2) is 9.37 Å². The van der Waals surface area contributed by atoms with Crippen LogP contribution < -0.4 is 5.32 Å². The average Bonchev–Trinajstić information content (AvgIpc) is 3.13. The van der Waals surface area contributed by atoms with E-state index < -0.39 is 11.7 Å². The van der Waals surface area contributed by atoms with Gasteiger partial charge >= 0.3 is 0 Å². The lowest BCUT2D eigenvalue weighted by Crippen LogP contribution is -2.15. The molecule has 0 spiro atoms. The largest absolute Gasteiger partial charge is 0.320 e. The fourth-order valence-electron chi connectivity index (χ4n) is 2.81. The third kappa shape index (κ3) is 3.94.